The van der Waals surface area contributed by atoms with E-state index in [9.17, 15) is 4.79 Å². The molecule has 2 aliphatic heterocycles. The van der Waals surface area contributed by atoms with Crippen LogP contribution in [0, 0.1) is 11.3 Å². The van der Waals surface area contributed by atoms with Crippen molar-refractivity contribution >= 4 is 11.7 Å². The first-order valence-corrected chi connectivity index (χ1v) is 7.11. The lowest BCUT2D eigenvalue weighted by Gasteiger charge is -2.35. The highest BCUT2D eigenvalue weighted by Gasteiger charge is 2.44. The van der Waals surface area contributed by atoms with Crippen LogP contribution in [0.15, 0.2) is 5.16 Å². The van der Waals surface area contributed by atoms with Crippen LogP contribution in [-0.2, 0) is 14.3 Å². The van der Waals surface area contributed by atoms with Crippen LogP contribution in [0.4, 0.5) is 0 Å². The summed E-state index contributed by atoms with van der Waals surface area (Å²) in [4.78, 5) is 12.5. The minimum atomic E-state index is -0.932. The molecule has 114 valence electrons. The summed E-state index contributed by atoms with van der Waals surface area (Å²) in [7, 11) is 0. The SMILES string of the molecule is NC(=NO)C1(C(=O)NCC2CCOCC2)CCOCC1. The molecule has 2 rings (SSSR count). The predicted molar refractivity (Wildman–Crippen MR) is 72.4 cm³/mol. The summed E-state index contributed by atoms with van der Waals surface area (Å²) in [6.07, 6.45) is 2.81. The van der Waals surface area contributed by atoms with Crippen molar-refractivity contribution in [2.24, 2.45) is 22.2 Å². The fraction of sp³-hybridized carbons (Fsp3) is 0.846. The van der Waals surface area contributed by atoms with E-state index in [-0.39, 0.29) is 11.7 Å². The second-order valence-electron chi connectivity index (χ2n) is 5.45. The largest absolute Gasteiger partial charge is 0.409 e. The van der Waals surface area contributed by atoms with Crippen molar-refractivity contribution < 1.29 is 19.5 Å². The summed E-state index contributed by atoms with van der Waals surface area (Å²) in [5, 5.41) is 15.0. The Morgan fingerprint density at radius 1 is 1.25 bits per heavy atom. The standard InChI is InChI=1S/C13H23N3O4/c14-11(16-18)13(3-7-20-8-4-13)12(17)15-9-10-1-5-19-6-2-10/h10,18H,1-9H2,(H2,14,16)(H,15,17). The van der Waals surface area contributed by atoms with Gasteiger partial charge in [-0.15, -0.1) is 0 Å². The second kappa shape index (κ2) is 6.90. The Balaban J connectivity index is 1.96. The Morgan fingerprint density at radius 3 is 2.45 bits per heavy atom. The highest BCUT2D eigenvalue weighted by Crippen LogP contribution is 2.31. The number of rotatable bonds is 4. The molecule has 0 saturated carbocycles. The van der Waals surface area contributed by atoms with Crippen LogP contribution in [0.3, 0.4) is 0 Å². The number of nitrogens with zero attached hydrogens (tertiary/aromatic N) is 1. The molecule has 1 amide bonds. The van der Waals surface area contributed by atoms with Gasteiger partial charge in [-0.3, -0.25) is 4.79 Å². The molecule has 0 aromatic rings. The summed E-state index contributed by atoms with van der Waals surface area (Å²) in [6.45, 7) is 3.00. The number of hydrogen-bond acceptors (Lipinski definition) is 5. The summed E-state index contributed by atoms with van der Waals surface area (Å²) in [5.74, 6) is 0.254. The molecule has 4 N–H and O–H groups in total. The van der Waals surface area contributed by atoms with Crippen molar-refractivity contribution in [3.8, 4) is 0 Å². The summed E-state index contributed by atoms with van der Waals surface area (Å²) in [5.41, 5.74) is 4.82. The van der Waals surface area contributed by atoms with Crippen molar-refractivity contribution in [3.05, 3.63) is 0 Å². The monoisotopic (exact) mass is 285 g/mol. The smallest absolute Gasteiger partial charge is 0.234 e. The maximum atomic E-state index is 12.5. The number of oxime groups is 1. The quantitative estimate of drug-likeness (QED) is 0.293. The Morgan fingerprint density at radius 2 is 1.85 bits per heavy atom. The van der Waals surface area contributed by atoms with Crippen LogP contribution in [0.5, 0.6) is 0 Å². The van der Waals surface area contributed by atoms with Gasteiger partial charge < -0.3 is 25.7 Å². The summed E-state index contributed by atoms with van der Waals surface area (Å²) < 4.78 is 10.6. The molecule has 2 aliphatic rings. The molecule has 7 nitrogen and oxygen atoms in total. The number of amides is 1. The molecule has 2 heterocycles. The van der Waals surface area contributed by atoms with E-state index in [0.29, 0.717) is 38.5 Å². The second-order valence-corrected chi connectivity index (χ2v) is 5.45. The Bertz CT molecular complexity index is 361. The average Bonchev–Trinajstić information content (AvgIpc) is 2.53. The lowest BCUT2D eigenvalue weighted by molar-refractivity contribution is -0.132. The van der Waals surface area contributed by atoms with Gasteiger partial charge in [-0.05, 0) is 31.6 Å². The molecule has 0 bridgehead atoms. The first kappa shape index (κ1) is 15.1. The van der Waals surface area contributed by atoms with Crippen molar-refractivity contribution in [2.75, 3.05) is 33.0 Å². The van der Waals surface area contributed by atoms with E-state index >= 15 is 0 Å². The molecule has 20 heavy (non-hydrogen) atoms. The minimum absolute atomic E-state index is 0.0229. The fourth-order valence-corrected chi connectivity index (χ4v) is 2.77. The highest BCUT2D eigenvalue weighted by atomic mass is 16.5. The Labute approximate surface area is 118 Å². The topological polar surface area (TPSA) is 106 Å². The number of ether oxygens (including phenoxy) is 2. The number of nitrogens with one attached hydrogen (secondary N) is 1. The van der Waals surface area contributed by atoms with Gasteiger partial charge in [0.1, 0.15) is 5.41 Å². The molecule has 2 saturated heterocycles. The summed E-state index contributed by atoms with van der Waals surface area (Å²) >= 11 is 0. The van der Waals surface area contributed by atoms with E-state index in [1.807, 2.05) is 0 Å². The third-order valence-corrected chi connectivity index (χ3v) is 4.27. The van der Waals surface area contributed by atoms with Gasteiger partial charge in [-0.2, -0.15) is 0 Å². The zero-order chi connectivity index (χ0) is 14.4. The predicted octanol–water partition coefficient (Wildman–Crippen LogP) is 0.0724. The number of carbonyl (C=O) groups excluding carboxylic acids is 1. The van der Waals surface area contributed by atoms with Crippen molar-refractivity contribution in [3.63, 3.8) is 0 Å². The molecule has 0 aromatic heterocycles. The molecule has 0 unspecified atom stereocenters. The van der Waals surface area contributed by atoms with Crippen LogP contribution in [0.2, 0.25) is 0 Å². The number of nitrogens with two attached hydrogens (primary N) is 1. The van der Waals surface area contributed by atoms with Gasteiger partial charge in [0.2, 0.25) is 5.91 Å². The van der Waals surface area contributed by atoms with E-state index in [4.69, 9.17) is 20.4 Å². The van der Waals surface area contributed by atoms with Crippen molar-refractivity contribution in [1.82, 2.24) is 5.32 Å². The van der Waals surface area contributed by atoms with Gasteiger partial charge in [-0.1, -0.05) is 5.16 Å². The molecular weight excluding hydrogens is 262 g/mol. The third-order valence-electron chi connectivity index (χ3n) is 4.27. The number of hydrogen-bond donors (Lipinski definition) is 3. The lowest BCUT2D eigenvalue weighted by Crippen LogP contribution is -2.53. The molecule has 0 radical (unpaired) electrons. The van der Waals surface area contributed by atoms with Crippen LogP contribution in [0.1, 0.15) is 25.7 Å². The maximum Gasteiger partial charge on any atom is 0.234 e. The molecule has 0 aliphatic carbocycles. The van der Waals surface area contributed by atoms with Crippen molar-refractivity contribution in [1.29, 1.82) is 0 Å². The third kappa shape index (κ3) is 3.21. The number of amidine groups is 1. The fourth-order valence-electron chi connectivity index (χ4n) is 2.77. The van der Waals surface area contributed by atoms with E-state index < -0.39 is 5.41 Å². The zero-order valence-corrected chi connectivity index (χ0v) is 11.6. The lowest BCUT2D eigenvalue weighted by atomic mass is 9.78. The first-order valence-electron chi connectivity index (χ1n) is 7.11. The molecule has 0 aromatic carbocycles. The van der Waals surface area contributed by atoms with E-state index in [1.165, 1.54) is 0 Å². The molecular formula is C13H23N3O4. The maximum absolute atomic E-state index is 12.5. The van der Waals surface area contributed by atoms with Crippen LogP contribution >= 0.6 is 0 Å². The number of carbonyl (C=O) groups is 1. The molecule has 0 spiro atoms. The Hall–Kier alpha value is -1.34. The molecule has 2 fully saturated rings. The van der Waals surface area contributed by atoms with E-state index in [1.54, 1.807) is 0 Å². The van der Waals surface area contributed by atoms with Gasteiger partial charge >= 0.3 is 0 Å². The molecule has 7 heteroatoms. The van der Waals surface area contributed by atoms with Gasteiger partial charge in [0, 0.05) is 33.0 Å². The first-order chi connectivity index (χ1) is 9.69. The highest BCUT2D eigenvalue weighted by molar-refractivity contribution is 6.06. The van der Waals surface area contributed by atoms with Crippen LogP contribution in [-0.4, -0.2) is 49.9 Å². The van der Waals surface area contributed by atoms with Crippen LogP contribution < -0.4 is 11.1 Å². The summed E-state index contributed by atoms with van der Waals surface area (Å²) in [6, 6.07) is 0. The van der Waals surface area contributed by atoms with Gasteiger partial charge in [0.05, 0.1) is 0 Å². The van der Waals surface area contributed by atoms with Gasteiger partial charge in [0.15, 0.2) is 5.84 Å². The Kier molecular flexibility index (Phi) is 5.19. The van der Waals surface area contributed by atoms with Crippen molar-refractivity contribution in [2.45, 2.75) is 25.7 Å². The zero-order valence-electron chi connectivity index (χ0n) is 11.6. The van der Waals surface area contributed by atoms with Gasteiger partial charge in [0.25, 0.3) is 0 Å². The van der Waals surface area contributed by atoms with Crippen LogP contribution in [0.25, 0.3) is 0 Å². The molecule has 0 atom stereocenters. The van der Waals surface area contributed by atoms with Gasteiger partial charge in [-0.25, -0.2) is 0 Å². The average molecular weight is 285 g/mol. The van der Waals surface area contributed by atoms with E-state index in [0.717, 1.165) is 26.1 Å². The minimum Gasteiger partial charge on any atom is -0.409 e. The van der Waals surface area contributed by atoms with E-state index in [2.05, 4.69) is 10.5 Å². The normalized spacial score (nSPS) is 24.3.